The summed E-state index contributed by atoms with van der Waals surface area (Å²) in [5.74, 6) is 0.427. The number of fused-ring (bicyclic) bond motifs is 2. The van der Waals surface area contributed by atoms with Gasteiger partial charge in [-0.15, -0.1) is 0 Å². The second-order valence-electron chi connectivity index (χ2n) is 7.45. The van der Waals surface area contributed by atoms with Gasteiger partial charge in [-0.2, -0.15) is 0 Å². The van der Waals surface area contributed by atoms with Crippen molar-refractivity contribution in [2.75, 3.05) is 11.9 Å². The van der Waals surface area contributed by atoms with Gasteiger partial charge in [-0.3, -0.25) is 4.79 Å². The molecule has 0 fully saturated rings. The molecule has 0 aliphatic carbocycles. The number of aromatic amines is 1. The number of aromatic nitrogens is 2. The Labute approximate surface area is 185 Å². The lowest BCUT2D eigenvalue weighted by Crippen LogP contribution is -2.20. The zero-order valence-electron chi connectivity index (χ0n) is 17.3. The van der Waals surface area contributed by atoms with Crippen LogP contribution in [-0.4, -0.2) is 22.5 Å². The third kappa shape index (κ3) is 4.52. The van der Waals surface area contributed by atoms with Gasteiger partial charge in [-0.1, -0.05) is 42.5 Å². The fourth-order valence-electron chi connectivity index (χ4n) is 3.54. The van der Waals surface area contributed by atoms with Gasteiger partial charge in [0.05, 0.1) is 11.2 Å². The van der Waals surface area contributed by atoms with E-state index in [4.69, 9.17) is 4.74 Å². The molecule has 5 aromatic rings. The van der Waals surface area contributed by atoms with Gasteiger partial charge in [-0.05, 0) is 60.2 Å². The highest BCUT2D eigenvalue weighted by molar-refractivity contribution is 5.94. The number of anilines is 1. The number of hydrogen-bond donors (Lipinski definition) is 2. The third-order valence-electron chi connectivity index (χ3n) is 5.13. The Morgan fingerprint density at radius 1 is 0.906 bits per heavy atom. The number of nitrogens with one attached hydrogen (secondary N) is 2. The molecule has 2 N–H and O–H groups in total. The molecule has 0 unspecified atom stereocenters. The SMILES string of the molecule is O=C(COc1cccc(/C=C/c2ccc3ccccc3n2)c1)Nc1ccc2[nH]ccc2c1. The van der Waals surface area contributed by atoms with Crippen LogP contribution in [0.4, 0.5) is 5.69 Å². The lowest BCUT2D eigenvalue weighted by Gasteiger charge is -2.08. The first-order chi connectivity index (χ1) is 15.7. The Bertz CT molecular complexity index is 1440. The molecule has 0 spiro atoms. The molecule has 0 aliphatic rings. The molecule has 0 bridgehead atoms. The summed E-state index contributed by atoms with van der Waals surface area (Å²) < 4.78 is 5.70. The number of nitrogens with zero attached hydrogens (tertiary/aromatic N) is 1. The Morgan fingerprint density at radius 3 is 2.81 bits per heavy atom. The van der Waals surface area contributed by atoms with E-state index in [0.29, 0.717) is 5.75 Å². The average molecular weight is 419 g/mol. The first kappa shape index (κ1) is 19.6. The normalized spacial score (nSPS) is 11.2. The van der Waals surface area contributed by atoms with Crippen molar-refractivity contribution < 1.29 is 9.53 Å². The number of rotatable bonds is 6. The summed E-state index contributed by atoms with van der Waals surface area (Å²) >= 11 is 0. The highest BCUT2D eigenvalue weighted by atomic mass is 16.5. The van der Waals surface area contributed by atoms with Crippen LogP contribution in [0, 0.1) is 0 Å². The van der Waals surface area contributed by atoms with Gasteiger partial charge in [-0.25, -0.2) is 4.98 Å². The number of benzene rings is 3. The summed E-state index contributed by atoms with van der Waals surface area (Å²) in [5, 5.41) is 5.03. The number of ether oxygens (including phenoxy) is 1. The summed E-state index contributed by atoms with van der Waals surface area (Å²) in [6.45, 7) is -0.0649. The van der Waals surface area contributed by atoms with Crippen molar-refractivity contribution in [1.29, 1.82) is 0 Å². The molecule has 0 saturated heterocycles. The van der Waals surface area contributed by atoms with Crippen LogP contribution in [0.2, 0.25) is 0 Å². The maximum Gasteiger partial charge on any atom is 0.262 e. The van der Waals surface area contributed by atoms with Crippen LogP contribution in [0.15, 0.2) is 91.1 Å². The number of pyridine rings is 1. The highest BCUT2D eigenvalue weighted by Crippen LogP contribution is 2.19. The van der Waals surface area contributed by atoms with E-state index in [2.05, 4.69) is 21.4 Å². The lowest BCUT2D eigenvalue weighted by atomic mass is 10.1. The Morgan fingerprint density at radius 2 is 1.84 bits per heavy atom. The van der Waals surface area contributed by atoms with Crippen LogP contribution in [0.3, 0.4) is 0 Å². The van der Waals surface area contributed by atoms with E-state index in [1.54, 1.807) is 0 Å². The molecule has 0 saturated carbocycles. The van der Waals surface area contributed by atoms with Gasteiger partial charge in [0.15, 0.2) is 6.61 Å². The molecule has 3 aromatic carbocycles. The van der Waals surface area contributed by atoms with Crippen LogP contribution in [-0.2, 0) is 4.79 Å². The second kappa shape index (κ2) is 8.78. The molecule has 2 heterocycles. The number of H-pyrrole nitrogens is 1. The topological polar surface area (TPSA) is 67.0 Å². The van der Waals surface area contributed by atoms with Gasteiger partial charge in [0.2, 0.25) is 0 Å². The van der Waals surface area contributed by atoms with Crippen molar-refractivity contribution in [3.63, 3.8) is 0 Å². The summed E-state index contributed by atoms with van der Waals surface area (Å²) in [4.78, 5) is 20.1. The molecule has 0 aliphatic heterocycles. The molecule has 0 radical (unpaired) electrons. The van der Waals surface area contributed by atoms with Gasteiger partial charge in [0.25, 0.3) is 5.91 Å². The van der Waals surface area contributed by atoms with E-state index >= 15 is 0 Å². The van der Waals surface area contributed by atoms with E-state index in [0.717, 1.165) is 38.8 Å². The predicted molar refractivity (Wildman–Crippen MR) is 130 cm³/mol. The number of carbonyl (C=O) groups is 1. The van der Waals surface area contributed by atoms with E-state index < -0.39 is 0 Å². The Balaban J connectivity index is 1.21. The van der Waals surface area contributed by atoms with Crippen molar-refractivity contribution in [2.45, 2.75) is 0 Å². The summed E-state index contributed by atoms with van der Waals surface area (Å²) in [6.07, 6.45) is 5.82. The molecule has 5 nitrogen and oxygen atoms in total. The molecular formula is C27H21N3O2. The molecular weight excluding hydrogens is 398 g/mol. The first-order valence-corrected chi connectivity index (χ1v) is 10.4. The van der Waals surface area contributed by atoms with Crippen molar-refractivity contribution in [3.05, 3.63) is 102 Å². The minimum absolute atomic E-state index is 0.0649. The smallest absolute Gasteiger partial charge is 0.262 e. The molecule has 0 atom stereocenters. The van der Waals surface area contributed by atoms with Crippen molar-refractivity contribution in [2.24, 2.45) is 0 Å². The maximum atomic E-state index is 12.3. The van der Waals surface area contributed by atoms with Gasteiger partial charge < -0.3 is 15.0 Å². The zero-order valence-corrected chi connectivity index (χ0v) is 17.3. The van der Waals surface area contributed by atoms with Crippen LogP contribution < -0.4 is 10.1 Å². The first-order valence-electron chi connectivity index (χ1n) is 10.4. The molecule has 32 heavy (non-hydrogen) atoms. The molecule has 2 aromatic heterocycles. The van der Waals surface area contributed by atoms with Crippen LogP contribution in [0.5, 0.6) is 5.75 Å². The minimum atomic E-state index is -0.207. The number of amides is 1. The number of para-hydroxylation sites is 1. The van der Waals surface area contributed by atoms with Crippen molar-refractivity contribution >= 4 is 45.6 Å². The van der Waals surface area contributed by atoms with Gasteiger partial charge >= 0.3 is 0 Å². The monoisotopic (exact) mass is 419 g/mol. The maximum absolute atomic E-state index is 12.3. The number of hydrogen-bond acceptors (Lipinski definition) is 3. The van der Waals surface area contributed by atoms with E-state index in [1.807, 2.05) is 97.2 Å². The van der Waals surface area contributed by atoms with E-state index in [9.17, 15) is 4.79 Å². The second-order valence-corrected chi connectivity index (χ2v) is 7.45. The molecule has 156 valence electrons. The van der Waals surface area contributed by atoms with Crippen LogP contribution in [0.1, 0.15) is 11.3 Å². The van der Waals surface area contributed by atoms with Crippen LogP contribution in [0.25, 0.3) is 34.0 Å². The van der Waals surface area contributed by atoms with Gasteiger partial charge in [0, 0.05) is 28.2 Å². The van der Waals surface area contributed by atoms with Crippen molar-refractivity contribution in [3.8, 4) is 5.75 Å². The number of carbonyl (C=O) groups excluding carboxylic acids is 1. The van der Waals surface area contributed by atoms with E-state index in [1.165, 1.54) is 0 Å². The average Bonchev–Trinajstić information content (AvgIpc) is 3.29. The van der Waals surface area contributed by atoms with Crippen molar-refractivity contribution in [1.82, 2.24) is 9.97 Å². The summed E-state index contributed by atoms with van der Waals surface area (Å²) in [5.41, 5.74) is 4.59. The van der Waals surface area contributed by atoms with Crippen LogP contribution >= 0.6 is 0 Å². The predicted octanol–water partition coefficient (Wildman–Crippen LogP) is 5.90. The molecule has 1 amide bonds. The van der Waals surface area contributed by atoms with E-state index in [-0.39, 0.29) is 12.5 Å². The Hall–Kier alpha value is -4.38. The molecule has 5 heteroatoms. The fourth-order valence-corrected chi connectivity index (χ4v) is 3.54. The fraction of sp³-hybridized carbons (Fsp3) is 0.0370. The standard InChI is InChI=1S/C27H21N3O2/c31-27(30-23-12-13-25-21(17-23)14-15-28-25)18-32-24-6-3-4-19(16-24)8-10-22-11-9-20-5-1-2-7-26(20)29-22/h1-17,28H,18H2,(H,30,31)/b10-8+. The lowest BCUT2D eigenvalue weighted by molar-refractivity contribution is -0.118. The third-order valence-corrected chi connectivity index (χ3v) is 5.13. The Kier molecular flexibility index (Phi) is 5.37. The quantitative estimate of drug-likeness (QED) is 0.360. The highest BCUT2D eigenvalue weighted by Gasteiger charge is 2.05. The summed E-state index contributed by atoms with van der Waals surface area (Å²) in [7, 11) is 0. The largest absolute Gasteiger partial charge is 0.484 e. The minimum Gasteiger partial charge on any atom is -0.484 e. The van der Waals surface area contributed by atoms with Gasteiger partial charge in [0.1, 0.15) is 5.75 Å². The summed E-state index contributed by atoms with van der Waals surface area (Å²) in [6, 6.07) is 27.4. The molecule has 5 rings (SSSR count). The zero-order chi connectivity index (χ0) is 21.8.